The van der Waals surface area contributed by atoms with Crippen LogP contribution < -0.4 is 10.1 Å². The lowest BCUT2D eigenvalue weighted by Gasteiger charge is -2.24. The number of rotatable bonds is 2. The van der Waals surface area contributed by atoms with E-state index in [1.807, 2.05) is 0 Å². The summed E-state index contributed by atoms with van der Waals surface area (Å²) in [5.74, 6) is 0.114. The highest BCUT2D eigenvalue weighted by Gasteiger charge is 2.15. The van der Waals surface area contributed by atoms with Crippen molar-refractivity contribution < 1.29 is 9.13 Å². The zero-order valence-electron chi connectivity index (χ0n) is 8.30. The van der Waals surface area contributed by atoms with E-state index in [0.29, 0.717) is 10.8 Å². The topological polar surface area (TPSA) is 21.3 Å². The fourth-order valence-corrected chi connectivity index (χ4v) is 1.83. The van der Waals surface area contributed by atoms with E-state index in [9.17, 15) is 4.39 Å². The maximum absolute atomic E-state index is 12.9. The molecule has 2 nitrogen and oxygen atoms in total. The molecule has 15 heavy (non-hydrogen) atoms. The Morgan fingerprint density at radius 3 is 3.07 bits per heavy atom. The summed E-state index contributed by atoms with van der Waals surface area (Å²) < 4.78 is 18.6. The van der Waals surface area contributed by atoms with Gasteiger partial charge < -0.3 is 10.1 Å². The largest absolute Gasteiger partial charge is 0.487 e. The first kappa shape index (κ1) is 10.7. The van der Waals surface area contributed by atoms with E-state index in [2.05, 4.69) is 5.32 Å². The summed E-state index contributed by atoms with van der Waals surface area (Å²) in [4.78, 5) is 0. The molecule has 0 unspecified atom stereocenters. The van der Waals surface area contributed by atoms with Crippen LogP contribution in [0.1, 0.15) is 12.8 Å². The normalized spacial score (nSPS) is 21.3. The molecular formula is C11H13ClFNO. The first-order valence-corrected chi connectivity index (χ1v) is 5.46. The zero-order chi connectivity index (χ0) is 10.7. The van der Waals surface area contributed by atoms with Gasteiger partial charge in [0, 0.05) is 12.6 Å². The number of benzene rings is 1. The third kappa shape index (κ3) is 2.83. The van der Waals surface area contributed by atoms with Gasteiger partial charge in [0.15, 0.2) is 0 Å². The van der Waals surface area contributed by atoms with Gasteiger partial charge in [-0.15, -0.1) is 0 Å². The first-order valence-electron chi connectivity index (χ1n) is 5.08. The van der Waals surface area contributed by atoms with Crippen LogP contribution >= 0.6 is 11.6 Å². The third-order valence-electron chi connectivity index (χ3n) is 2.44. The minimum atomic E-state index is -0.321. The SMILES string of the molecule is Fc1ccc(Cl)c(O[C@@H]2CCCNC2)c1. The Morgan fingerprint density at radius 1 is 1.47 bits per heavy atom. The van der Waals surface area contributed by atoms with E-state index in [1.54, 1.807) is 0 Å². The molecule has 1 heterocycles. The van der Waals surface area contributed by atoms with Crippen molar-refractivity contribution in [2.75, 3.05) is 13.1 Å². The van der Waals surface area contributed by atoms with Gasteiger partial charge in [0.1, 0.15) is 17.7 Å². The molecule has 2 rings (SSSR count). The van der Waals surface area contributed by atoms with E-state index in [1.165, 1.54) is 18.2 Å². The Bertz CT molecular complexity index is 339. The molecule has 1 aliphatic heterocycles. The van der Waals surface area contributed by atoms with Crippen LogP contribution in [0.2, 0.25) is 5.02 Å². The van der Waals surface area contributed by atoms with E-state index in [-0.39, 0.29) is 11.9 Å². The Labute approximate surface area is 93.4 Å². The van der Waals surface area contributed by atoms with Crippen LogP contribution in [0.4, 0.5) is 4.39 Å². The van der Waals surface area contributed by atoms with Crippen molar-refractivity contribution in [3.63, 3.8) is 0 Å². The molecule has 1 aromatic rings. The lowest BCUT2D eigenvalue weighted by molar-refractivity contribution is 0.166. The van der Waals surface area contributed by atoms with Crippen LogP contribution in [0.5, 0.6) is 5.75 Å². The number of halogens is 2. The maximum atomic E-state index is 12.9. The van der Waals surface area contributed by atoms with Gasteiger partial charge in [-0.05, 0) is 31.5 Å². The fraction of sp³-hybridized carbons (Fsp3) is 0.455. The van der Waals surface area contributed by atoms with Crippen molar-refractivity contribution in [1.29, 1.82) is 0 Å². The molecule has 82 valence electrons. The van der Waals surface area contributed by atoms with E-state index < -0.39 is 0 Å². The minimum Gasteiger partial charge on any atom is -0.487 e. The summed E-state index contributed by atoms with van der Waals surface area (Å²) >= 11 is 5.90. The Morgan fingerprint density at radius 2 is 2.33 bits per heavy atom. The predicted molar refractivity (Wildman–Crippen MR) is 57.9 cm³/mol. The lowest BCUT2D eigenvalue weighted by Crippen LogP contribution is -2.37. The van der Waals surface area contributed by atoms with Crippen LogP contribution in [0.3, 0.4) is 0 Å². The maximum Gasteiger partial charge on any atom is 0.141 e. The minimum absolute atomic E-state index is 0.0954. The van der Waals surface area contributed by atoms with Crippen LogP contribution in [0.15, 0.2) is 18.2 Å². The smallest absolute Gasteiger partial charge is 0.141 e. The number of piperidine rings is 1. The van der Waals surface area contributed by atoms with E-state index in [4.69, 9.17) is 16.3 Å². The third-order valence-corrected chi connectivity index (χ3v) is 2.75. The first-order chi connectivity index (χ1) is 7.25. The molecule has 1 aromatic carbocycles. The van der Waals surface area contributed by atoms with Gasteiger partial charge in [-0.1, -0.05) is 11.6 Å². The molecule has 0 amide bonds. The number of nitrogens with one attached hydrogen (secondary N) is 1. The molecule has 0 aliphatic carbocycles. The molecule has 4 heteroatoms. The average molecular weight is 230 g/mol. The van der Waals surface area contributed by atoms with Gasteiger partial charge in [0.25, 0.3) is 0 Å². The van der Waals surface area contributed by atoms with Crippen LogP contribution in [0, 0.1) is 5.82 Å². The van der Waals surface area contributed by atoms with Crippen LogP contribution in [0.25, 0.3) is 0 Å². The quantitative estimate of drug-likeness (QED) is 0.842. The molecule has 0 spiro atoms. The standard InChI is InChI=1S/C11H13ClFNO/c12-10-4-3-8(13)6-11(10)15-9-2-1-5-14-7-9/h3-4,6,9,14H,1-2,5,7H2/t9-/m1/s1. The van der Waals surface area contributed by atoms with Gasteiger partial charge >= 0.3 is 0 Å². The fourth-order valence-electron chi connectivity index (χ4n) is 1.67. The summed E-state index contributed by atoms with van der Waals surface area (Å²) in [6, 6.07) is 4.17. The highest BCUT2D eigenvalue weighted by atomic mass is 35.5. The zero-order valence-corrected chi connectivity index (χ0v) is 9.06. The second-order valence-corrected chi connectivity index (χ2v) is 4.07. The lowest BCUT2D eigenvalue weighted by atomic mass is 10.1. The molecule has 1 aliphatic rings. The van der Waals surface area contributed by atoms with Crippen molar-refractivity contribution in [1.82, 2.24) is 5.32 Å². The summed E-state index contributed by atoms with van der Waals surface area (Å²) in [6.07, 6.45) is 2.16. The molecule has 1 atom stereocenters. The Hall–Kier alpha value is -0.800. The van der Waals surface area contributed by atoms with Crippen LogP contribution in [-0.4, -0.2) is 19.2 Å². The van der Waals surface area contributed by atoms with E-state index in [0.717, 1.165) is 25.9 Å². The second-order valence-electron chi connectivity index (χ2n) is 3.66. The molecule has 1 fully saturated rings. The highest BCUT2D eigenvalue weighted by molar-refractivity contribution is 6.32. The van der Waals surface area contributed by atoms with Gasteiger partial charge in [-0.25, -0.2) is 4.39 Å². The second kappa shape index (κ2) is 4.81. The van der Waals surface area contributed by atoms with Crippen molar-refractivity contribution in [3.05, 3.63) is 29.0 Å². The summed E-state index contributed by atoms with van der Waals surface area (Å²) in [5, 5.41) is 3.69. The van der Waals surface area contributed by atoms with Crippen molar-refractivity contribution in [3.8, 4) is 5.75 Å². The van der Waals surface area contributed by atoms with Gasteiger partial charge in [-0.3, -0.25) is 0 Å². The van der Waals surface area contributed by atoms with Gasteiger partial charge in [-0.2, -0.15) is 0 Å². The Balaban J connectivity index is 2.05. The summed E-state index contributed by atoms with van der Waals surface area (Å²) in [7, 11) is 0. The Kier molecular flexibility index (Phi) is 3.44. The number of hydrogen-bond donors (Lipinski definition) is 1. The average Bonchev–Trinajstić information content (AvgIpc) is 2.25. The van der Waals surface area contributed by atoms with Gasteiger partial charge in [0.05, 0.1) is 5.02 Å². The van der Waals surface area contributed by atoms with Crippen molar-refractivity contribution in [2.45, 2.75) is 18.9 Å². The predicted octanol–water partition coefficient (Wildman–Crippen LogP) is 2.61. The van der Waals surface area contributed by atoms with Crippen LogP contribution in [-0.2, 0) is 0 Å². The molecule has 1 N–H and O–H groups in total. The van der Waals surface area contributed by atoms with Crippen molar-refractivity contribution in [2.24, 2.45) is 0 Å². The molecule has 0 radical (unpaired) electrons. The molecular weight excluding hydrogens is 217 g/mol. The summed E-state index contributed by atoms with van der Waals surface area (Å²) in [6.45, 7) is 1.82. The number of hydrogen-bond acceptors (Lipinski definition) is 2. The molecule has 0 aromatic heterocycles. The highest BCUT2D eigenvalue weighted by Crippen LogP contribution is 2.26. The number of ether oxygens (including phenoxy) is 1. The van der Waals surface area contributed by atoms with Gasteiger partial charge in [0.2, 0.25) is 0 Å². The monoisotopic (exact) mass is 229 g/mol. The van der Waals surface area contributed by atoms with E-state index >= 15 is 0 Å². The molecule has 0 saturated carbocycles. The summed E-state index contributed by atoms with van der Waals surface area (Å²) in [5.41, 5.74) is 0. The molecule has 1 saturated heterocycles. The molecule has 0 bridgehead atoms. The van der Waals surface area contributed by atoms with Crippen molar-refractivity contribution >= 4 is 11.6 Å².